The zero-order valence-electron chi connectivity index (χ0n) is 10.8. The molecule has 5 nitrogen and oxygen atoms in total. The minimum absolute atomic E-state index is 0.468. The predicted octanol–water partition coefficient (Wildman–Crippen LogP) is 2.94. The van der Waals surface area contributed by atoms with Gasteiger partial charge >= 0.3 is 6.01 Å². The van der Waals surface area contributed by atoms with Gasteiger partial charge in [0.15, 0.2) is 0 Å². The summed E-state index contributed by atoms with van der Waals surface area (Å²) in [4.78, 5) is 1.24. The van der Waals surface area contributed by atoms with Crippen LogP contribution in [0.15, 0.2) is 16.5 Å². The molecule has 0 fully saturated rings. The average Bonchev–Trinajstić information content (AvgIpc) is 3.00. The highest BCUT2D eigenvalue weighted by molar-refractivity contribution is 7.16. The number of halogens is 1. The van der Waals surface area contributed by atoms with Crippen LogP contribution in [-0.4, -0.2) is 23.3 Å². The fraction of sp³-hybridized carbons (Fsp3) is 0.500. The standard InChI is InChI=1S/C12H17ClN4OS/c1-2-6-14-8-11-16-17-12(18-11)15-7-5-9-3-4-10(13)19-9/h3-4,14H,2,5-8H2,1H3,(H,15,17). The van der Waals surface area contributed by atoms with Gasteiger partial charge in [-0.2, -0.15) is 0 Å². The van der Waals surface area contributed by atoms with Gasteiger partial charge in [-0.15, -0.1) is 16.4 Å². The summed E-state index contributed by atoms with van der Waals surface area (Å²) >= 11 is 7.46. The van der Waals surface area contributed by atoms with E-state index < -0.39 is 0 Å². The third-order valence-corrected chi connectivity index (χ3v) is 3.74. The summed E-state index contributed by atoms with van der Waals surface area (Å²) in [6.45, 7) is 4.43. The van der Waals surface area contributed by atoms with E-state index in [1.54, 1.807) is 11.3 Å². The highest BCUT2D eigenvalue weighted by Crippen LogP contribution is 2.21. The van der Waals surface area contributed by atoms with Crippen LogP contribution >= 0.6 is 22.9 Å². The molecule has 2 N–H and O–H groups in total. The molecule has 0 bridgehead atoms. The van der Waals surface area contributed by atoms with E-state index in [0.717, 1.165) is 30.3 Å². The third-order valence-electron chi connectivity index (χ3n) is 2.45. The summed E-state index contributed by atoms with van der Waals surface area (Å²) in [5, 5.41) is 14.2. The summed E-state index contributed by atoms with van der Waals surface area (Å²) in [7, 11) is 0. The molecule has 0 aliphatic heterocycles. The van der Waals surface area contributed by atoms with E-state index in [0.29, 0.717) is 18.5 Å². The smallest absolute Gasteiger partial charge is 0.315 e. The summed E-state index contributed by atoms with van der Waals surface area (Å²) in [5.74, 6) is 0.607. The van der Waals surface area contributed by atoms with E-state index in [4.69, 9.17) is 16.0 Å². The number of anilines is 1. The molecule has 0 aliphatic carbocycles. The molecule has 0 atom stereocenters. The van der Waals surface area contributed by atoms with Gasteiger partial charge in [0.05, 0.1) is 10.9 Å². The van der Waals surface area contributed by atoms with E-state index >= 15 is 0 Å². The molecular formula is C12H17ClN4OS. The zero-order valence-corrected chi connectivity index (χ0v) is 12.4. The van der Waals surface area contributed by atoms with E-state index in [2.05, 4.69) is 27.8 Å². The number of nitrogens with zero attached hydrogens (tertiary/aromatic N) is 2. The minimum atomic E-state index is 0.468. The highest BCUT2D eigenvalue weighted by atomic mass is 35.5. The van der Waals surface area contributed by atoms with Crippen LogP contribution < -0.4 is 10.6 Å². The fourth-order valence-electron chi connectivity index (χ4n) is 1.55. The molecule has 0 aromatic carbocycles. The van der Waals surface area contributed by atoms with Gasteiger partial charge in [-0.05, 0) is 31.5 Å². The largest absolute Gasteiger partial charge is 0.407 e. The fourth-order valence-corrected chi connectivity index (χ4v) is 2.63. The first kappa shape index (κ1) is 14.3. The van der Waals surface area contributed by atoms with Crippen LogP contribution in [0.4, 0.5) is 6.01 Å². The van der Waals surface area contributed by atoms with Crippen LogP contribution in [0.2, 0.25) is 4.34 Å². The molecule has 7 heteroatoms. The first-order chi connectivity index (χ1) is 9.28. The number of nitrogens with one attached hydrogen (secondary N) is 2. The Kier molecular flexibility index (Phi) is 5.62. The average molecular weight is 301 g/mol. The summed E-state index contributed by atoms with van der Waals surface area (Å²) < 4.78 is 6.27. The zero-order chi connectivity index (χ0) is 13.5. The van der Waals surface area contributed by atoms with Crippen molar-refractivity contribution in [3.63, 3.8) is 0 Å². The number of hydrogen-bond acceptors (Lipinski definition) is 6. The lowest BCUT2D eigenvalue weighted by atomic mass is 10.3. The van der Waals surface area contributed by atoms with Gasteiger partial charge in [0.2, 0.25) is 5.89 Å². The monoisotopic (exact) mass is 300 g/mol. The molecular weight excluding hydrogens is 284 g/mol. The Bertz CT molecular complexity index is 499. The number of hydrogen-bond donors (Lipinski definition) is 2. The molecule has 0 saturated carbocycles. The highest BCUT2D eigenvalue weighted by Gasteiger charge is 2.05. The second kappa shape index (κ2) is 7.47. The van der Waals surface area contributed by atoms with Gasteiger partial charge in [-0.3, -0.25) is 0 Å². The molecule has 104 valence electrons. The molecule has 2 heterocycles. The maximum absolute atomic E-state index is 5.87. The quantitative estimate of drug-likeness (QED) is 0.734. The van der Waals surface area contributed by atoms with E-state index in [1.165, 1.54) is 4.88 Å². The Labute approximate surface area is 121 Å². The topological polar surface area (TPSA) is 63.0 Å². The number of thiophene rings is 1. The first-order valence-corrected chi connectivity index (χ1v) is 7.48. The molecule has 0 spiro atoms. The Balaban J connectivity index is 1.71. The maximum atomic E-state index is 5.87. The second-order valence-electron chi connectivity index (χ2n) is 4.06. The van der Waals surface area contributed by atoms with Crippen LogP contribution in [0, 0.1) is 0 Å². The molecule has 0 saturated heterocycles. The van der Waals surface area contributed by atoms with Crippen molar-refractivity contribution < 1.29 is 4.42 Å². The predicted molar refractivity (Wildman–Crippen MR) is 77.8 cm³/mol. The Morgan fingerprint density at radius 1 is 1.32 bits per heavy atom. The van der Waals surface area contributed by atoms with E-state index in [-0.39, 0.29) is 0 Å². The van der Waals surface area contributed by atoms with Gasteiger partial charge in [-0.25, -0.2) is 0 Å². The molecule has 2 rings (SSSR count). The maximum Gasteiger partial charge on any atom is 0.315 e. The lowest BCUT2D eigenvalue weighted by molar-refractivity contribution is 0.477. The van der Waals surface area contributed by atoms with Crippen molar-refractivity contribution in [2.45, 2.75) is 26.3 Å². The van der Waals surface area contributed by atoms with Crippen LogP contribution in [-0.2, 0) is 13.0 Å². The van der Waals surface area contributed by atoms with Gasteiger partial charge in [0.1, 0.15) is 0 Å². The Morgan fingerprint density at radius 2 is 2.21 bits per heavy atom. The first-order valence-electron chi connectivity index (χ1n) is 6.29. The van der Waals surface area contributed by atoms with Crippen molar-refractivity contribution in [1.82, 2.24) is 15.5 Å². The van der Waals surface area contributed by atoms with Crippen LogP contribution in [0.5, 0.6) is 0 Å². The number of aromatic nitrogens is 2. The lowest BCUT2D eigenvalue weighted by Gasteiger charge is -1.99. The Hall–Kier alpha value is -1.11. The molecule has 0 aliphatic rings. The third kappa shape index (κ3) is 4.81. The van der Waals surface area contributed by atoms with Crippen LogP contribution in [0.1, 0.15) is 24.1 Å². The van der Waals surface area contributed by atoms with Gasteiger partial charge in [0, 0.05) is 11.4 Å². The van der Waals surface area contributed by atoms with Crippen molar-refractivity contribution in [3.8, 4) is 0 Å². The van der Waals surface area contributed by atoms with Gasteiger partial charge in [0.25, 0.3) is 0 Å². The SMILES string of the molecule is CCCNCc1nnc(NCCc2ccc(Cl)s2)o1. The molecule has 0 unspecified atom stereocenters. The van der Waals surface area contributed by atoms with Crippen LogP contribution in [0.25, 0.3) is 0 Å². The molecule has 0 amide bonds. The van der Waals surface area contributed by atoms with Crippen molar-refractivity contribution in [2.75, 3.05) is 18.4 Å². The lowest BCUT2D eigenvalue weighted by Crippen LogP contribution is -2.13. The van der Waals surface area contributed by atoms with Crippen LogP contribution in [0.3, 0.4) is 0 Å². The molecule has 2 aromatic heterocycles. The summed E-state index contributed by atoms with van der Waals surface area (Å²) in [6, 6.07) is 4.41. The van der Waals surface area contributed by atoms with Crippen molar-refractivity contribution >= 4 is 29.0 Å². The second-order valence-corrected chi connectivity index (χ2v) is 5.86. The summed E-state index contributed by atoms with van der Waals surface area (Å²) in [5.41, 5.74) is 0. The van der Waals surface area contributed by atoms with E-state index in [1.807, 2.05) is 12.1 Å². The van der Waals surface area contributed by atoms with E-state index in [9.17, 15) is 0 Å². The number of rotatable bonds is 8. The Morgan fingerprint density at radius 3 is 2.95 bits per heavy atom. The minimum Gasteiger partial charge on any atom is -0.407 e. The van der Waals surface area contributed by atoms with Crippen molar-refractivity contribution in [2.24, 2.45) is 0 Å². The summed E-state index contributed by atoms with van der Waals surface area (Å²) in [6.07, 6.45) is 1.98. The van der Waals surface area contributed by atoms with Crippen molar-refractivity contribution in [3.05, 3.63) is 27.2 Å². The molecule has 0 radical (unpaired) electrons. The van der Waals surface area contributed by atoms with Gasteiger partial charge in [-0.1, -0.05) is 23.6 Å². The van der Waals surface area contributed by atoms with Crippen molar-refractivity contribution in [1.29, 1.82) is 0 Å². The normalized spacial score (nSPS) is 10.8. The molecule has 2 aromatic rings. The molecule has 19 heavy (non-hydrogen) atoms. The van der Waals surface area contributed by atoms with Gasteiger partial charge < -0.3 is 15.1 Å².